The van der Waals surface area contributed by atoms with Gasteiger partial charge in [-0.15, -0.1) is 0 Å². The van der Waals surface area contributed by atoms with Crippen molar-refractivity contribution in [3.63, 3.8) is 0 Å². The minimum absolute atomic E-state index is 0.0315. The van der Waals surface area contributed by atoms with Gasteiger partial charge >= 0.3 is 11.9 Å². The van der Waals surface area contributed by atoms with Crippen molar-refractivity contribution in [1.29, 1.82) is 0 Å². The molecule has 0 saturated heterocycles. The van der Waals surface area contributed by atoms with Gasteiger partial charge < -0.3 is 20.4 Å². The quantitative estimate of drug-likeness (QED) is 0.389. The molecule has 4 N–H and O–H groups in total. The Morgan fingerprint density at radius 1 is 0.688 bits per heavy atom. The second-order valence-corrected chi connectivity index (χ2v) is 7.51. The third-order valence-corrected chi connectivity index (χ3v) is 5.79. The second-order valence-electron chi connectivity index (χ2n) is 7.51. The van der Waals surface area contributed by atoms with Gasteiger partial charge in [0.25, 0.3) is 0 Å². The van der Waals surface area contributed by atoms with Crippen LogP contribution < -0.4 is 0 Å². The summed E-state index contributed by atoms with van der Waals surface area (Å²) in [5.41, 5.74) is 4.31. The number of phenolic OH excluding ortho intramolecular Hbond substituents is 2. The van der Waals surface area contributed by atoms with Crippen molar-refractivity contribution in [1.82, 2.24) is 0 Å². The highest BCUT2D eigenvalue weighted by Crippen LogP contribution is 2.40. The number of carbonyl (C=O) groups is 2. The molecule has 0 heterocycles. The van der Waals surface area contributed by atoms with Crippen LogP contribution in [0.5, 0.6) is 11.5 Å². The van der Waals surface area contributed by atoms with Crippen molar-refractivity contribution < 1.29 is 30.0 Å². The van der Waals surface area contributed by atoms with E-state index in [1.54, 1.807) is 12.1 Å². The lowest BCUT2D eigenvalue weighted by molar-refractivity contribution is 0.0686. The van der Waals surface area contributed by atoms with Gasteiger partial charge in [0.05, 0.1) is 11.1 Å². The molecular weight excluding hydrogens is 408 g/mol. The third-order valence-electron chi connectivity index (χ3n) is 5.79. The molecule has 0 spiro atoms. The Hall–Kier alpha value is -3.80. The molecule has 0 radical (unpaired) electrons. The SMILES string of the molecule is CCc1cc(-c2c(C(=O)O)ccc(O)c2CC)ccc1-c1c(C(=O)O)ccc(O)c1CC. The molecule has 3 rings (SSSR count). The zero-order chi connectivity index (χ0) is 23.6. The van der Waals surface area contributed by atoms with Crippen molar-refractivity contribution in [3.8, 4) is 33.8 Å². The molecule has 0 aliphatic heterocycles. The van der Waals surface area contributed by atoms with Gasteiger partial charge in [0.2, 0.25) is 0 Å². The van der Waals surface area contributed by atoms with Crippen LogP contribution in [0.15, 0.2) is 42.5 Å². The van der Waals surface area contributed by atoms with Crippen LogP contribution in [0.25, 0.3) is 22.3 Å². The number of aromatic hydroxyl groups is 2. The smallest absolute Gasteiger partial charge is 0.336 e. The molecular formula is C26H26O6. The number of carboxylic acid groups (broad SMARTS) is 2. The van der Waals surface area contributed by atoms with E-state index in [0.29, 0.717) is 52.6 Å². The third kappa shape index (κ3) is 3.91. The number of hydrogen-bond donors (Lipinski definition) is 4. The topological polar surface area (TPSA) is 115 Å². The minimum Gasteiger partial charge on any atom is -0.508 e. The molecule has 0 aliphatic rings. The Kier molecular flexibility index (Phi) is 6.53. The lowest BCUT2D eigenvalue weighted by Crippen LogP contribution is -2.06. The molecule has 6 heteroatoms. The summed E-state index contributed by atoms with van der Waals surface area (Å²) in [6, 6.07) is 10.9. The lowest BCUT2D eigenvalue weighted by Gasteiger charge is -2.19. The van der Waals surface area contributed by atoms with Gasteiger partial charge in [-0.1, -0.05) is 39.0 Å². The Morgan fingerprint density at radius 2 is 1.19 bits per heavy atom. The highest BCUT2D eigenvalue weighted by atomic mass is 16.4. The molecule has 0 bridgehead atoms. The van der Waals surface area contributed by atoms with Crippen LogP contribution in [0.1, 0.15) is 58.2 Å². The lowest BCUT2D eigenvalue weighted by atomic mass is 9.85. The number of aromatic carboxylic acids is 2. The van der Waals surface area contributed by atoms with Crippen LogP contribution >= 0.6 is 0 Å². The number of benzene rings is 3. The summed E-state index contributed by atoms with van der Waals surface area (Å²) in [6.45, 7) is 5.63. The first-order valence-corrected chi connectivity index (χ1v) is 10.5. The summed E-state index contributed by atoms with van der Waals surface area (Å²) >= 11 is 0. The van der Waals surface area contributed by atoms with Gasteiger partial charge in [-0.3, -0.25) is 0 Å². The van der Waals surface area contributed by atoms with Crippen LogP contribution in [0.4, 0.5) is 0 Å². The van der Waals surface area contributed by atoms with Crippen molar-refractivity contribution in [2.75, 3.05) is 0 Å². The monoisotopic (exact) mass is 434 g/mol. The number of rotatable bonds is 7. The molecule has 3 aromatic rings. The molecule has 0 fully saturated rings. The van der Waals surface area contributed by atoms with Crippen LogP contribution in [-0.4, -0.2) is 32.4 Å². The molecule has 166 valence electrons. The predicted octanol–water partition coefficient (Wildman–Crippen LogP) is 5.52. The van der Waals surface area contributed by atoms with E-state index in [9.17, 15) is 30.0 Å². The van der Waals surface area contributed by atoms with E-state index in [1.165, 1.54) is 24.3 Å². The number of carboxylic acids is 2. The first kappa shape index (κ1) is 22.9. The van der Waals surface area contributed by atoms with Crippen LogP contribution in [0.2, 0.25) is 0 Å². The van der Waals surface area contributed by atoms with E-state index in [2.05, 4.69) is 0 Å². The summed E-state index contributed by atoms with van der Waals surface area (Å²) in [6.07, 6.45) is 1.45. The molecule has 3 aromatic carbocycles. The molecule has 0 amide bonds. The maximum absolute atomic E-state index is 11.9. The fourth-order valence-electron chi connectivity index (χ4n) is 4.27. The van der Waals surface area contributed by atoms with Gasteiger partial charge in [0, 0.05) is 22.3 Å². The first-order chi connectivity index (χ1) is 15.2. The van der Waals surface area contributed by atoms with Gasteiger partial charge in [-0.25, -0.2) is 9.59 Å². The normalized spacial score (nSPS) is 10.8. The summed E-state index contributed by atoms with van der Waals surface area (Å²) in [5, 5.41) is 40.2. The Labute approximate surface area is 186 Å². The molecule has 0 unspecified atom stereocenters. The van der Waals surface area contributed by atoms with E-state index in [0.717, 1.165) is 5.56 Å². The highest BCUT2D eigenvalue weighted by molar-refractivity contribution is 6.00. The molecule has 6 nitrogen and oxygen atoms in total. The van der Waals surface area contributed by atoms with E-state index < -0.39 is 11.9 Å². The van der Waals surface area contributed by atoms with Crippen molar-refractivity contribution >= 4 is 11.9 Å². The van der Waals surface area contributed by atoms with Gasteiger partial charge in [0.15, 0.2) is 0 Å². The molecule has 0 aliphatic carbocycles. The number of hydrogen-bond acceptors (Lipinski definition) is 4. The number of phenols is 2. The van der Waals surface area contributed by atoms with Crippen LogP contribution in [-0.2, 0) is 19.3 Å². The maximum atomic E-state index is 11.9. The predicted molar refractivity (Wildman–Crippen MR) is 123 cm³/mol. The first-order valence-electron chi connectivity index (χ1n) is 10.5. The molecule has 32 heavy (non-hydrogen) atoms. The van der Waals surface area contributed by atoms with Gasteiger partial charge in [-0.05, 0) is 60.2 Å². The van der Waals surface area contributed by atoms with Crippen LogP contribution in [0.3, 0.4) is 0 Å². The largest absolute Gasteiger partial charge is 0.508 e. The molecule has 0 saturated carbocycles. The Morgan fingerprint density at radius 3 is 1.66 bits per heavy atom. The van der Waals surface area contributed by atoms with Crippen LogP contribution in [0, 0.1) is 0 Å². The fraction of sp³-hybridized carbons (Fsp3) is 0.231. The summed E-state index contributed by atoms with van der Waals surface area (Å²) in [7, 11) is 0. The zero-order valence-electron chi connectivity index (χ0n) is 18.3. The van der Waals surface area contributed by atoms with Gasteiger partial charge in [-0.2, -0.15) is 0 Å². The van der Waals surface area contributed by atoms with Crippen molar-refractivity contribution in [2.24, 2.45) is 0 Å². The van der Waals surface area contributed by atoms with E-state index >= 15 is 0 Å². The maximum Gasteiger partial charge on any atom is 0.336 e. The van der Waals surface area contributed by atoms with E-state index in [1.807, 2.05) is 26.8 Å². The minimum atomic E-state index is -1.09. The standard InChI is InChI=1S/C26H26O6/c1-4-14-13-15(23-16(5-2)21(27)11-9-19(23)25(29)30)7-8-18(14)24-17(6-3)22(28)12-10-20(24)26(31)32/h7-13,27-28H,4-6H2,1-3H3,(H,29,30)(H,31,32). The highest BCUT2D eigenvalue weighted by Gasteiger charge is 2.22. The average molecular weight is 434 g/mol. The fourth-order valence-corrected chi connectivity index (χ4v) is 4.27. The van der Waals surface area contributed by atoms with Gasteiger partial charge in [0.1, 0.15) is 11.5 Å². The Bertz CT molecular complexity index is 1210. The molecule has 0 aromatic heterocycles. The summed E-state index contributed by atoms with van der Waals surface area (Å²) in [4.78, 5) is 23.8. The summed E-state index contributed by atoms with van der Waals surface area (Å²) in [5.74, 6) is -2.11. The Balaban J connectivity index is 2.34. The second kappa shape index (κ2) is 9.14. The summed E-state index contributed by atoms with van der Waals surface area (Å²) < 4.78 is 0. The zero-order valence-corrected chi connectivity index (χ0v) is 18.3. The van der Waals surface area contributed by atoms with Crippen molar-refractivity contribution in [2.45, 2.75) is 40.0 Å². The molecule has 0 atom stereocenters. The average Bonchev–Trinajstić information content (AvgIpc) is 2.77. The number of aryl methyl sites for hydroxylation is 1. The van der Waals surface area contributed by atoms with E-state index in [-0.39, 0.29) is 22.6 Å². The van der Waals surface area contributed by atoms with E-state index in [4.69, 9.17) is 0 Å². The van der Waals surface area contributed by atoms with Crippen molar-refractivity contribution in [3.05, 3.63) is 70.3 Å².